The molecule has 0 N–H and O–H groups in total. The monoisotopic (exact) mass is 562 g/mol. The molecule has 214 valence electrons. The normalized spacial score (nSPS) is 18.9. The first-order chi connectivity index (χ1) is 18.8. The topological polar surface area (TPSA) is 23.6 Å². The molecule has 0 bridgehead atoms. The van der Waals surface area contributed by atoms with E-state index in [1.54, 1.807) is 30.3 Å². The number of alkyl halides is 6. The molecular formula is C31H32F6N2O. The van der Waals surface area contributed by atoms with Gasteiger partial charge in [-0.15, -0.1) is 0 Å². The van der Waals surface area contributed by atoms with Crippen LogP contribution in [0.2, 0.25) is 0 Å². The van der Waals surface area contributed by atoms with Crippen molar-refractivity contribution in [2.75, 3.05) is 11.9 Å². The molecule has 1 aliphatic rings. The number of hydrogen-bond acceptors (Lipinski definition) is 2. The van der Waals surface area contributed by atoms with E-state index in [2.05, 4.69) is 17.0 Å². The maximum atomic E-state index is 13.9. The third-order valence-electron chi connectivity index (χ3n) is 7.70. The van der Waals surface area contributed by atoms with E-state index in [0.717, 1.165) is 19.4 Å². The third-order valence-corrected chi connectivity index (χ3v) is 7.70. The lowest BCUT2D eigenvalue weighted by Gasteiger charge is -2.38. The van der Waals surface area contributed by atoms with E-state index in [9.17, 15) is 31.1 Å². The summed E-state index contributed by atoms with van der Waals surface area (Å²) in [6.45, 7) is 2.24. The van der Waals surface area contributed by atoms with Gasteiger partial charge in [-0.25, -0.2) is 0 Å². The van der Waals surface area contributed by atoms with Gasteiger partial charge in [0.2, 0.25) is 5.91 Å². The summed E-state index contributed by atoms with van der Waals surface area (Å²) in [5.74, 6) is -0.689. The molecule has 0 aromatic heterocycles. The van der Waals surface area contributed by atoms with Crippen LogP contribution in [-0.2, 0) is 23.7 Å². The maximum absolute atomic E-state index is 13.9. The number of anilines is 1. The molecule has 40 heavy (non-hydrogen) atoms. The Bertz CT molecular complexity index is 1240. The van der Waals surface area contributed by atoms with Gasteiger partial charge in [-0.1, -0.05) is 48.5 Å². The highest BCUT2D eigenvalue weighted by atomic mass is 19.4. The van der Waals surface area contributed by atoms with E-state index in [-0.39, 0.29) is 23.6 Å². The molecule has 1 aliphatic carbocycles. The standard InChI is InChI=1S/C31H32F6N2O/c1-21(24-17-25(30(32,33)34)19-26(18-24)31(35,36)37)39(28-11-7-4-8-12-28)29(40)23-13-15-27(16-14-23)38(2)20-22-9-5-3-6-10-22/h3-12,17-19,21,23,27H,13-16,20H2,1-2H3. The van der Waals surface area contributed by atoms with Gasteiger partial charge < -0.3 is 4.90 Å². The molecule has 0 aliphatic heterocycles. The van der Waals surface area contributed by atoms with Gasteiger partial charge >= 0.3 is 12.4 Å². The van der Waals surface area contributed by atoms with Crippen molar-refractivity contribution in [3.05, 3.63) is 101 Å². The molecule has 0 saturated heterocycles. The van der Waals surface area contributed by atoms with E-state index in [0.29, 0.717) is 30.7 Å². The van der Waals surface area contributed by atoms with Crippen LogP contribution < -0.4 is 4.90 Å². The lowest BCUT2D eigenvalue weighted by atomic mass is 9.84. The van der Waals surface area contributed by atoms with Crippen molar-refractivity contribution in [2.24, 2.45) is 5.92 Å². The first kappa shape index (κ1) is 29.6. The first-order valence-electron chi connectivity index (χ1n) is 13.3. The van der Waals surface area contributed by atoms with Gasteiger partial charge in [0.05, 0.1) is 17.2 Å². The highest BCUT2D eigenvalue weighted by molar-refractivity contribution is 5.95. The minimum absolute atomic E-state index is 0.109. The Kier molecular flexibility index (Phi) is 8.93. The molecule has 1 atom stereocenters. The number of nitrogens with zero attached hydrogens (tertiary/aromatic N) is 2. The fourth-order valence-electron chi connectivity index (χ4n) is 5.46. The lowest BCUT2D eigenvalue weighted by molar-refractivity contribution is -0.143. The Hall–Kier alpha value is -3.33. The van der Waals surface area contributed by atoms with E-state index in [1.165, 1.54) is 17.4 Å². The number of amides is 1. The Morgan fingerprint density at radius 3 is 1.80 bits per heavy atom. The number of benzene rings is 3. The minimum Gasteiger partial charge on any atom is -0.305 e. The lowest BCUT2D eigenvalue weighted by Crippen LogP contribution is -2.42. The molecule has 1 amide bonds. The number of para-hydroxylation sites is 1. The van der Waals surface area contributed by atoms with Crippen LogP contribution in [-0.4, -0.2) is 23.9 Å². The number of rotatable bonds is 7. The zero-order chi connectivity index (χ0) is 29.1. The number of carbonyl (C=O) groups excluding carboxylic acids is 1. The quantitative estimate of drug-likeness (QED) is 0.270. The van der Waals surface area contributed by atoms with Gasteiger partial charge in [0.15, 0.2) is 0 Å². The van der Waals surface area contributed by atoms with E-state index in [1.807, 2.05) is 25.2 Å². The summed E-state index contributed by atoms with van der Waals surface area (Å²) in [6, 6.07) is 19.2. The zero-order valence-electron chi connectivity index (χ0n) is 22.3. The first-order valence-corrected chi connectivity index (χ1v) is 13.3. The zero-order valence-corrected chi connectivity index (χ0v) is 22.3. The number of hydrogen-bond donors (Lipinski definition) is 0. The second-order valence-electron chi connectivity index (χ2n) is 10.5. The van der Waals surface area contributed by atoms with Crippen LogP contribution in [0.5, 0.6) is 0 Å². The number of carbonyl (C=O) groups is 1. The summed E-state index contributed by atoms with van der Waals surface area (Å²) in [4.78, 5) is 17.5. The van der Waals surface area contributed by atoms with E-state index >= 15 is 0 Å². The Morgan fingerprint density at radius 2 is 1.30 bits per heavy atom. The van der Waals surface area contributed by atoms with Crippen molar-refractivity contribution in [1.29, 1.82) is 0 Å². The number of halogens is 6. The second kappa shape index (κ2) is 12.0. The van der Waals surface area contributed by atoms with Gasteiger partial charge in [0.25, 0.3) is 0 Å². The van der Waals surface area contributed by atoms with Crippen molar-refractivity contribution in [1.82, 2.24) is 4.90 Å². The molecule has 1 fully saturated rings. The van der Waals surface area contributed by atoms with Crippen molar-refractivity contribution in [3.63, 3.8) is 0 Å². The van der Waals surface area contributed by atoms with Gasteiger partial charge in [-0.05, 0) is 81.1 Å². The van der Waals surface area contributed by atoms with Crippen LogP contribution in [0.15, 0.2) is 78.9 Å². The molecule has 3 aromatic carbocycles. The van der Waals surface area contributed by atoms with E-state index < -0.39 is 35.4 Å². The van der Waals surface area contributed by atoms with Crippen LogP contribution in [0.3, 0.4) is 0 Å². The highest BCUT2D eigenvalue weighted by Crippen LogP contribution is 2.40. The summed E-state index contributed by atoms with van der Waals surface area (Å²) < 4.78 is 81.4. The Labute approximate surface area is 230 Å². The summed E-state index contributed by atoms with van der Waals surface area (Å²) in [5.41, 5.74) is -1.41. The van der Waals surface area contributed by atoms with Crippen molar-refractivity contribution >= 4 is 11.6 Å². The summed E-state index contributed by atoms with van der Waals surface area (Å²) in [5, 5.41) is 0. The average molecular weight is 563 g/mol. The van der Waals surface area contributed by atoms with Crippen LogP contribution in [0, 0.1) is 5.92 Å². The van der Waals surface area contributed by atoms with Gasteiger partial charge in [-0.3, -0.25) is 9.69 Å². The SMILES string of the molecule is CC(c1cc(C(F)(F)F)cc(C(F)(F)F)c1)N(C(=O)C1CCC(N(C)Cc2ccccc2)CC1)c1ccccc1. The van der Waals surface area contributed by atoms with Gasteiger partial charge in [0.1, 0.15) is 0 Å². The third kappa shape index (κ3) is 7.05. The van der Waals surface area contributed by atoms with Crippen molar-refractivity contribution in [3.8, 4) is 0 Å². The Balaban J connectivity index is 1.58. The minimum atomic E-state index is -4.97. The van der Waals surface area contributed by atoms with Crippen molar-refractivity contribution < 1.29 is 31.1 Å². The molecule has 1 saturated carbocycles. The fourth-order valence-corrected chi connectivity index (χ4v) is 5.46. The molecule has 9 heteroatoms. The van der Waals surface area contributed by atoms with Crippen LogP contribution in [0.25, 0.3) is 0 Å². The smallest absolute Gasteiger partial charge is 0.305 e. The predicted molar refractivity (Wildman–Crippen MR) is 142 cm³/mol. The molecule has 0 spiro atoms. The molecular weight excluding hydrogens is 530 g/mol. The molecule has 0 heterocycles. The molecule has 0 radical (unpaired) electrons. The molecule has 1 unspecified atom stereocenters. The van der Waals surface area contributed by atoms with Crippen molar-refractivity contribution in [2.45, 2.75) is 63.6 Å². The summed E-state index contributed by atoms with van der Waals surface area (Å²) in [7, 11) is 2.05. The average Bonchev–Trinajstić information content (AvgIpc) is 2.93. The van der Waals surface area contributed by atoms with Crippen LogP contribution in [0.4, 0.5) is 32.0 Å². The fraction of sp³-hybridized carbons (Fsp3) is 0.387. The predicted octanol–water partition coefficient (Wildman–Crippen LogP) is 8.51. The van der Waals surface area contributed by atoms with Gasteiger partial charge in [-0.2, -0.15) is 26.3 Å². The second-order valence-corrected chi connectivity index (χ2v) is 10.5. The molecule has 3 aromatic rings. The highest BCUT2D eigenvalue weighted by Gasteiger charge is 2.39. The largest absolute Gasteiger partial charge is 0.416 e. The molecule has 4 rings (SSSR count). The van der Waals surface area contributed by atoms with Crippen LogP contribution in [0.1, 0.15) is 60.9 Å². The summed E-state index contributed by atoms with van der Waals surface area (Å²) in [6.07, 6.45) is -7.26. The van der Waals surface area contributed by atoms with Gasteiger partial charge in [0, 0.05) is 24.2 Å². The summed E-state index contributed by atoms with van der Waals surface area (Å²) >= 11 is 0. The van der Waals surface area contributed by atoms with E-state index in [4.69, 9.17) is 0 Å². The Morgan fingerprint density at radius 1 is 0.800 bits per heavy atom. The maximum Gasteiger partial charge on any atom is 0.416 e. The van der Waals surface area contributed by atoms with Crippen LogP contribution >= 0.6 is 0 Å². The molecule has 3 nitrogen and oxygen atoms in total.